The molecule has 5 rings (SSSR count). The third-order valence-electron chi connectivity index (χ3n) is 5.14. The van der Waals surface area contributed by atoms with Gasteiger partial charge in [0.25, 0.3) is 5.91 Å². The third kappa shape index (κ3) is 3.69. The minimum absolute atomic E-state index is 0.0360. The van der Waals surface area contributed by atoms with Gasteiger partial charge in [0.2, 0.25) is 5.91 Å². The zero-order chi connectivity index (χ0) is 20.5. The highest BCUT2D eigenvalue weighted by atomic mass is 32.2. The molecule has 1 aliphatic heterocycles. The van der Waals surface area contributed by atoms with Crippen molar-refractivity contribution < 1.29 is 9.59 Å². The normalized spacial score (nSPS) is 15.5. The molecule has 1 aliphatic rings. The molecule has 1 aromatic heterocycles. The first-order valence-corrected chi connectivity index (χ1v) is 10.6. The molecular weight excluding hydrogens is 394 g/mol. The van der Waals surface area contributed by atoms with E-state index in [1.807, 2.05) is 66.9 Å². The van der Waals surface area contributed by atoms with Crippen molar-refractivity contribution in [3.63, 3.8) is 0 Å². The third-order valence-corrected chi connectivity index (χ3v) is 6.41. The van der Waals surface area contributed by atoms with Gasteiger partial charge >= 0.3 is 0 Å². The van der Waals surface area contributed by atoms with Crippen molar-refractivity contribution in [2.45, 2.75) is 16.6 Å². The molecule has 2 heterocycles. The van der Waals surface area contributed by atoms with E-state index in [4.69, 9.17) is 0 Å². The van der Waals surface area contributed by atoms with Crippen molar-refractivity contribution >= 4 is 45.9 Å². The van der Waals surface area contributed by atoms with Crippen molar-refractivity contribution in [3.05, 3.63) is 90.1 Å². The number of carbonyl (C=O) groups is 2. The Kier molecular flexibility index (Phi) is 4.77. The van der Waals surface area contributed by atoms with E-state index in [1.54, 1.807) is 12.1 Å². The zero-order valence-electron chi connectivity index (χ0n) is 16.0. The molecule has 1 atom stereocenters. The molecular formula is C24H19N3O2S. The maximum atomic E-state index is 12.7. The number of thioether (sulfide) groups is 1. The summed E-state index contributed by atoms with van der Waals surface area (Å²) in [5, 5.41) is 6.79. The smallest absolute Gasteiger partial charge is 0.255 e. The Bertz CT molecular complexity index is 1250. The quantitative estimate of drug-likeness (QED) is 0.437. The lowest BCUT2D eigenvalue weighted by Crippen LogP contribution is -2.30. The molecule has 0 spiro atoms. The van der Waals surface area contributed by atoms with Crippen LogP contribution in [0.4, 0.5) is 11.4 Å². The number of benzene rings is 3. The van der Waals surface area contributed by atoms with Gasteiger partial charge in [0, 0.05) is 27.9 Å². The van der Waals surface area contributed by atoms with Crippen LogP contribution in [0.2, 0.25) is 0 Å². The van der Waals surface area contributed by atoms with Crippen LogP contribution in [0.1, 0.15) is 15.9 Å². The van der Waals surface area contributed by atoms with E-state index >= 15 is 0 Å². The van der Waals surface area contributed by atoms with Gasteiger partial charge in [0.05, 0.1) is 10.9 Å². The van der Waals surface area contributed by atoms with Crippen molar-refractivity contribution in [2.24, 2.45) is 0 Å². The first-order valence-electron chi connectivity index (χ1n) is 9.70. The predicted octanol–water partition coefficient (Wildman–Crippen LogP) is 5.08. The lowest BCUT2D eigenvalue weighted by molar-refractivity contribution is -0.115. The van der Waals surface area contributed by atoms with Gasteiger partial charge in [0.1, 0.15) is 0 Å². The molecule has 0 saturated carbocycles. The molecule has 5 nitrogen and oxygen atoms in total. The van der Waals surface area contributed by atoms with Crippen LogP contribution in [0.25, 0.3) is 10.9 Å². The van der Waals surface area contributed by atoms with Crippen molar-refractivity contribution in [3.8, 4) is 0 Å². The van der Waals surface area contributed by atoms with Crippen molar-refractivity contribution in [2.75, 3.05) is 10.6 Å². The Labute approximate surface area is 177 Å². The predicted molar refractivity (Wildman–Crippen MR) is 121 cm³/mol. The number of rotatable bonds is 4. The van der Waals surface area contributed by atoms with Crippen LogP contribution < -0.4 is 10.6 Å². The minimum Gasteiger partial charge on any atom is -0.361 e. The summed E-state index contributed by atoms with van der Waals surface area (Å²) < 4.78 is 0. The molecule has 4 aromatic rings. The second kappa shape index (κ2) is 7.72. The monoisotopic (exact) mass is 413 g/mol. The van der Waals surface area contributed by atoms with Crippen LogP contribution in [-0.4, -0.2) is 22.0 Å². The summed E-state index contributed by atoms with van der Waals surface area (Å²) in [4.78, 5) is 29.4. The molecule has 3 N–H and O–H groups in total. The van der Waals surface area contributed by atoms with E-state index in [0.29, 0.717) is 23.4 Å². The molecule has 0 bridgehead atoms. The number of H-pyrrole nitrogens is 1. The van der Waals surface area contributed by atoms with Crippen LogP contribution in [0.15, 0.2) is 83.9 Å². The summed E-state index contributed by atoms with van der Waals surface area (Å²) in [5.74, 6) is -0.250. The summed E-state index contributed by atoms with van der Waals surface area (Å²) >= 11 is 1.54. The number of hydrogen-bond donors (Lipinski definition) is 3. The SMILES string of the molecule is O=C(Nc1ccc2cc[nH]c2c1)c1ccc2c(c1)NC(=O)C(Cc1ccccc1)S2. The van der Waals surface area contributed by atoms with Gasteiger partial charge < -0.3 is 15.6 Å². The summed E-state index contributed by atoms with van der Waals surface area (Å²) in [6.07, 6.45) is 2.53. The highest BCUT2D eigenvalue weighted by Gasteiger charge is 2.27. The second-order valence-electron chi connectivity index (χ2n) is 7.23. The Morgan fingerprint density at radius 1 is 1.00 bits per heavy atom. The fourth-order valence-electron chi connectivity index (χ4n) is 3.58. The summed E-state index contributed by atoms with van der Waals surface area (Å²) in [6.45, 7) is 0. The molecule has 0 aliphatic carbocycles. The Morgan fingerprint density at radius 3 is 2.73 bits per heavy atom. The number of carbonyl (C=O) groups excluding carboxylic acids is 2. The van der Waals surface area contributed by atoms with E-state index in [2.05, 4.69) is 15.6 Å². The molecule has 2 amide bonds. The molecule has 148 valence electrons. The Hall–Kier alpha value is -3.51. The van der Waals surface area contributed by atoms with Crippen LogP contribution in [0.5, 0.6) is 0 Å². The van der Waals surface area contributed by atoms with Gasteiger partial charge in [-0.3, -0.25) is 9.59 Å². The van der Waals surface area contributed by atoms with Gasteiger partial charge in [-0.2, -0.15) is 0 Å². The number of amides is 2. The topological polar surface area (TPSA) is 74.0 Å². The van der Waals surface area contributed by atoms with E-state index in [-0.39, 0.29) is 17.1 Å². The first-order chi connectivity index (χ1) is 14.7. The molecule has 0 fully saturated rings. The maximum absolute atomic E-state index is 12.7. The molecule has 1 unspecified atom stereocenters. The number of aromatic nitrogens is 1. The van der Waals surface area contributed by atoms with Crippen molar-refractivity contribution in [1.29, 1.82) is 0 Å². The van der Waals surface area contributed by atoms with Crippen LogP contribution >= 0.6 is 11.8 Å². The molecule has 30 heavy (non-hydrogen) atoms. The lowest BCUT2D eigenvalue weighted by atomic mass is 10.1. The van der Waals surface area contributed by atoms with Crippen LogP contribution in [0.3, 0.4) is 0 Å². The van der Waals surface area contributed by atoms with E-state index in [1.165, 1.54) is 11.8 Å². The number of aromatic amines is 1. The summed E-state index contributed by atoms with van der Waals surface area (Å²) in [5.41, 5.74) is 3.99. The lowest BCUT2D eigenvalue weighted by Gasteiger charge is -2.24. The van der Waals surface area contributed by atoms with E-state index < -0.39 is 0 Å². The fraction of sp³-hybridized carbons (Fsp3) is 0.0833. The molecule has 0 saturated heterocycles. The zero-order valence-corrected chi connectivity index (χ0v) is 16.8. The largest absolute Gasteiger partial charge is 0.361 e. The summed E-state index contributed by atoms with van der Waals surface area (Å²) in [6, 6.07) is 23.1. The fourth-order valence-corrected chi connectivity index (χ4v) is 4.71. The number of anilines is 2. The highest BCUT2D eigenvalue weighted by molar-refractivity contribution is 8.01. The van der Waals surface area contributed by atoms with Gasteiger partial charge in [-0.1, -0.05) is 36.4 Å². The van der Waals surface area contributed by atoms with Crippen molar-refractivity contribution in [1.82, 2.24) is 4.98 Å². The Balaban J connectivity index is 1.32. The Morgan fingerprint density at radius 2 is 1.87 bits per heavy atom. The van der Waals surface area contributed by atoms with E-state index in [9.17, 15) is 9.59 Å². The maximum Gasteiger partial charge on any atom is 0.255 e. The van der Waals surface area contributed by atoms with Gasteiger partial charge in [-0.25, -0.2) is 0 Å². The number of hydrogen-bond acceptors (Lipinski definition) is 3. The average Bonchev–Trinajstić information content (AvgIpc) is 3.22. The highest BCUT2D eigenvalue weighted by Crippen LogP contribution is 2.37. The second-order valence-corrected chi connectivity index (χ2v) is 8.47. The number of fused-ring (bicyclic) bond motifs is 2. The van der Waals surface area contributed by atoms with E-state index in [0.717, 1.165) is 21.4 Å². The molecule has 6 heteroatoms. The molecule has 3 aromatic carbocycles. The van der Waals surface area contributed by atoms with Gasteiger partial charge in [0.15, 0.2) is 0 Å². The number of nitrogens with one attached hydrogen (secondary N) is 3. The summed E-state index contributed by atoms with van der Waals surface area (Å²) in [7, 11) is 0. The average molecular weight is 414 g/mol. The minimum atomic E-state index is -0.214. The standard InChI is InChI=1S/C24H19N3O2S/c28-23(26-18-8-6-16-10-11-25-19(16)14-18)17-7-9-21-20(13-17)27-24(29)22(30-21)12-15-4-2-1-3-5-15/h1-11,13-14,22,25H,12H2,(H,26,28)(H,27,29). The van der Waals surface area contributed by atoms with Gasteiger partial charge in [-0.05, 0) is 53.8 Å². The van der Waals surface area contributed by atoms with Crippen LogP contribution in [0, 0.1) is 0 Å². The molecule has 0 radical (unpaired) electrons. The van der Waals surface area contributed by atoms with Crippen LogP contribution in [-0.2, 0) is 11.2 Å². The van der Waals surface area contributed by atoms with Gasteiger partial charge in [-0.15, -0.1) is 11.8 Å². The first kappa shape index (κ1) is 18.5.